The summed E-state index contributed by atoms with van der Waals surface area (Å²) in [5, 5.41) is 6.86. The van der Waals surface area contributed by atoms with Crippen molar-refractivity contribution in [3.63, 3.8) is 0 Å². The fourth-order valence-corrected chi connectivity index (χ4v) is 2.30. The minimum Gasteiger partial charge on any atom is -0.438 e. The van der Waals surface area contributed by atoms with Gasteiger partial charge in [-0.2, -0.15) is 0 Å². The first-order valence-corrected chi connectivity index (χ1v) is 6.02. The average Bonchev–Trinajstić information content (AvgIpc) is 2.46. The molecule has 0 unspecified atom stereocenters. The summed E-state index contributed by atoms with van der Waals surface area (Å²) in [7, 11) is 0. The summed E-state index contributed by atoms with van der Waals surface area (Å²) in [4.78, 5) is 12.4. The van der Waals surface area contributed by atoms with Gasteiger partial charge in [-0.25, -0.2) is 0 Å². The molecule has 0 saturated carbocycles. The van der Waals surface area contributed by atoms with Crippen molar-refractivity contribution >= 4 is 33.9 Å². The lowest BCUT2D eigenvalue weighted by Crippen LogP contribution is -2.15. The maximum Gasteiger partial charge on any atom is 0.225 e. The van der Waals surface area contributed by atoms with Crippen LogP contribution in [0.15, 0.2) is 57.7 Å². The summed E-state index contributed by atoms with van der Waals surface area (Å²) < 4.78 is 5.75. The highest BCUT2D eigenvalue weighted by molar-refractivity contribution is 5.92. The molecule has 4 heteroatoms. The topological polar surface area (TPSA) is 54.3 Å². The smallest absolute Gasteiger partial charge is 0.225 e. The molecule has 1 aliphatic heterocycles. The van der Waals surface area contributed by atoms with Crippen molar-refractivity contribution in [2.24, 2.45) is 0 Å². The number of hydrogen-bond donors (Lipinski definition) is 2. The van der Waals surface area contributed by atoms with E-state index in [1.807, 2.05) is 36.4 Å². The molecule has 1 aromatic heterocycles. The molecule has 2 aromatic carbocycles. The summed E-state index contributed by atoms with van der Waals surface area (Å²) in [6.45, 7) is 0. The van der Waals surface area contributed by atoms with Crippen molar-refractivity contribution in [2.45, 2.75) is 0 Å². The molecule has 0 aliphatic carbocycles. The fraction of sp³-hybridized carbons (Fsp3) is 0. The van der Waals surface area contributed by atoms with Gasteiger partial charge in [0.25, 0.3) is 0 Å². The lowest BCUT2D eigenvalue weighted by atomic mass is 10.1. The Morgan fingerprint density at radius 1 is 0.842 bits per heavy atom. The van der Waals surface area contributed by atoms with Crippen LogP contribution in [0.1, 0.15) is 0 Å². The number of rotatable bonds is 0. The van der Waals surface area contributed by atoms with E-state index in [4.69, 9.17) is 4.42 Å². The van der Waals surface area contributed by atoms with E-state index < -0.39 is 0 Å². The molecule has 0 saturated heterocycles. The van der Waals surface area contributed by atoms with Crippen LogP contribution in [0.3, 0.4) is 0 Å². The van der Waals surface area contributed by atoms with E-state index in [2.05, 4.69) is 10.6 Å². The van der Waals surface area contributed by atoms with Gasteiger partial charge in [0.15, 0.2) is 0 Å². The Balaban J connectivity index is 2.01. The van der Waals surface area contributed by atoms with E-state index in [1.165, 1.54) is 0 Å². The van der Waals surface area contributed by atoms with E-state index in [0.717, 1.165) is 11.4 Å². The molecule has 3 aromatic rings. The second-order valence-electron chi connectivity index (χ2n) is 4.43. The van der Waals surface area contributed by atoms with E-state index in [1.54, 1.807) is 12.1 Å². The average molecular weight is 250 g/mol. The van der Waals surface area contributed by atoms with E-state index in [-0.39, 0.29) is 5.43 Å². The molecule has 0 bridgehead atoms. The first-order chi connectivity index (χ1) is 9.33. The molecular formula is C15H10N2O2. The molecule has 0 spiro atoms. The lowest BCUT2D eigenvalue weighted by molar-refractivity contribution is 0.623. The number of fused-ring (bicyclic) bond motifs is 3. The highest BCUT2D eigenvalue weighted by atomic mass is 16.3. The monoisotopic (exact) mass is 250 g/mol. The van der Waals surface area contributed by atoms with Crippen LogP contribution in [-0.2, 0) is 0 Å². The molecule has 1 aliphatic rings. The molecule has 4 nitrogen and oxygen atoms in total. The summed E-state index contributed by atoms with van der Waals surface area (Å²) in [5.74, 6) is 0.461. The predicted octanol–water partition coefficient (Wildman–Crippen LogP) is 3.59. The molecule has 0 radical (unpaired) electrons. The second-order valence-corrected chi connectivity index (χ2v) is 4.43. The highest BCUT2D eigenvalue weighted by Gasteiger charge is 2.20. The lowest BCUT2D eigenvalue weighted by Gasteiger charge is -2.21. The third-order valence-corrected chi connectivity index (χ3v) is 3.23. The SMILES string of the molecule is O=c1c2c(oc3ccccc13)Nc1ccccc1N2. The Hall–Kier alpha value is -2.75. The quantitative estimate of drug-likeness (QED) is 0.500. The van der Waals surface area contributed by atoms with Gasteiger partial charge in [0.2, 0.25) is 11.3 Å². The number of para-hydroxylation sites is 3. The Kier molecular flexibility index (Phi) is 1.94. The van der Waals surface area contributed by atoms with E-state index >= 15 is 0 Å². The van der Waals surface area contributed by atoms with E-state index in [0.29, 0.717) is 22.5 Å². The Morgan fingerprint density at radius 3 is 2.37 bits per heavy atom. The largest absolute Gasteiger partial charge is 0.438 e. The molecular weight excluding hydrogens is 240 g/mol. The van der Waals surface area contributed by atoms with Crippen LogP contribution < -0.4 is 16.1 Å². The third kappa shape index (κ3) is 1.43. The summed E-state index contributed by atoms with van der Waals surface area (Å²) in [6.07, 6.45) is 0. The van der Waals surface area contributed by atoms with Crippen molar-refractivity contribution in [2.75, 3.05) is 10.6 Å². The van der Waals surface area contributed by atoms with Crippen molar-refractivity contribution in [3.05, 3.63) is 58.8 Å². The molecule has 92 valence electrons. The summed E-state index contributed by atoms with van der Waals surface area (Å²) in [5.41, 5.74) is 2.75. The Morgan fingerprint density at radius 2 is 1.53 bits per heavy atom. The predicted molar refractivity (Wildman–Crippen MR) is 75.5 cm³/mol. The van der Waals surface area contributed by atoms with Crippen LogP contribution >= 0.6 is 0 Å². The second kappa shape index (κ2) is 3.62. The minimum atomic E-state index is -0.0566. The van der Waals surface area contributed by atoms with Gasteiger partial charge < -0.3 is 15.1 Å². The van der Waals surface area contributed by atoms with Gasteiger partial charge >= 0.3 is 0 Å². The Bertz CT molecular complexity index is 852. The van der Waals surface area contributed by atoms with Crippen molar-refractivity contribution in [3.8, 4) is 0 Å². The molecule has 19 heavy (non-hydrogen) atoms. The van der Waals surface area contributed by atoms with Crippen LogP contribution in [0.4, 0.5) is 22.9 Å². The van der Waals surface area contributed by atoms with Crippen molar-refractivity contribution in [1.29, 1.82) is 0 Å². The molecule has 0 fully saturated rings. The normalized spacial score (nSPS) is 12.2. The third-order valence-electron chi connectivity index (χ3n) is 3.23. The van der Waals surface area contributed by atoms with Gasteiger partial charge in [0, 0.05) is 0 Å². The number of anilines is 4. The maximum atomic E-state index is 12.4. The minimum absolute atomic E-state index is 0.0566. The van der Waals surface area contributed by atoms with Crippen LogP contribution in [0.25, 0.3) is 11.0 Å². The van der Waals surface area contributed by atoms with Gasteiger partial charge in [-0.15, -0.1) is 0 Å². The zero-order valence-corrected chi connectivity index (χ0v) is 9.94. The van der Waals surface area contributed by atoms with Gasteiger partial charge in [-0.3, -0.25) is 4.79 Å². The zero-order valence-electron chi connectivity index (χ0n) is 9.94. The molecule has 2 N–H and O–H groups in total. The van der Waals surface area contributed by atoms with E-state index in [9.17, 15) is 4.79 Å². The molecule has 2 heterocycles. The standard InChI is InChI=1S/C15H10N2O2/c18-14-9-5-1-4-8-12(9)19-15-13(14)16-10-6-2-3-7-11(10)17-15/h1-8,16-17H. The fourth-order valence-electron chi connectivity index (χ4n) is 2.30. The van der Waals surface area contributed by atoms with Gasteiger partial charge in [-0.05, 0) is 24.3 Å². The molecule has 0 amide bonds. The van der Waals surface area contributed by atoms with Gasteiger partial charge in [0.1, 0.15) is 11.3 Å². The van der Waals surface area contributed by atoms with Crippen molar-refractivity contribution < 1.29 is 4.42 Å². The van der Waals surface area contributed by atoms with Gasteiger partial charge in [-0.1, -0.05) is 24.3 Å². The van der Waals surface area contributed by atoms with Crippen LogP contribution in [0.5, 0.6) is 0 Å². The van der Waals surface area contributed by atoms with Crippen molar-refractivity contribution in [1.82, 2.24) is 0 Å². The van der Waals surface area contributed by atoms with Crippen LogP contribution in [0.2, 0.25) is 0 Å². The Labute approximate surface area is 108 Å². The van der Waals surface area contributed by atoms with Crippen LogP contribution in [-0.4, -0.2) is 0 Å². The summed E-state index contributed by atoms with van der Waals surface area (Å²) >= 11 is 0. The number of nitrogens with one attached hydrogen (secondary N) is 2. The first-order valence-electron chi connectivity index (χ1n) is 6.02. The number of hydrogen-bond acceptors (Lipinski definition) is 4. The highest BCUT2D eigenvalue weighted by Crippen LogP contribution is 2.37. The first kappa shape index (κ1) is 10.2. The number of benzene rings is 2. The molecule has 0 atom stereocenters. The maximum absolute atomic E-state index is 12.4. The van der Waals surface area contributed by atoms with Crippen LogP contribution in [0, 0.1) is 0 Å². The van der Waals surface area contributed by atoms with Gasteiger partial charge in [0.05, 0.1) is 16.8 Å². The zero-order chi connectivity index (χ0) is 12.8. The molecule has 4 rings (SSSR count). The summed E-state index contributed by atoms with van der Waals surface area (Å²) in [6, 6.07) is 14.9.